The minimum Gasteiger partial charge on any atom is -0.495 e. The van der Waals surface area contributed by atoms with Crippen LogP contribution in [-0.2, 0) is 6.42 Å². The zero-order chi connectivity index (χ0) is 15.1. The van der Waals surface area contributed by atoms with Crippen LogP contribution in [0.5, 0.6) is 5.75 Å². The SMILES string of the molecule is COc1ccccc1-n1cc2c3c(cccc31)C(=O)NCC2. The predicted octanol–water partition coefficient (Wildman–Crippen LogP) is 2.93. The molecule has 110 valence electrons. The lowest BCUT2D eigenvalue weighted by Crippen LogP contribution is -2.23. The van der Waals surface area contributed by atoms with Crippen molar-refractivity contribution < 1.29 is 9.53 Å². The summed E-state index contributed by atoms with van der Waals surface area (Å²) in [5.74, 6) is 0.819. The van der Waals surface area contributed by atoms with Crippen LogP contribution in [-0.4, -0.2) is 24.1 Å². The number of nitrogens with one attached hydrogen (secondary N) is 1. The summed E-state index contributed by atoms with van der Waals surface area (Å²) in [6.07, 6.45) is 2.95. The van der Waals surface area contributed by atoms with Crippen LogP contribution in [0, 0.1) is 0 Å². The summed E-state index contributed by atoms with van der Waals surface area (Å²) in [4.78, 5) is 12.2. The molecule has 4 rings (SSSR count). The lowest BCUT2D eigenvalue weighted by molar-refractivity contribution is 0.0957. The van der Waals surface area contributed by atoms with E-state index >= 15 is 0 Å². The fourth-order valence-corrected chi connectivity index (χ4v) is 3.18. The van der Waals surface area contributed by atoms with Crippen LogP contribution in [0.25, 0.3) is 16.6 Å². The summed E-state index contributed by atoms with van der Waals surface area (Å²) in [6, 6.07) is 13.8. The second-order valence-electron chi connectivity index (χ2n) is 5.40. The monoisotopic (exact) mass is 292 g/mol. The van der Waals surface area contributed by atoms with E-state index in [-0.39, 0.29) is 5.91 Å². The van der Waals surface area contributed by atoms with Gasteiger partial charge in [-0.05, 0) is 36.2 Å². The first-order chi connectivity index (χ1) is 10.8. The molecule has 22 heavy (non-hydrogen) atoms. The van der Waals surface area contributed by atoms with E-state index in [1.54, 1.807) is 7.11 Å². The van der Waals surface area contributed by atoms with E-state index in [0.29, 0.717) is 6.54 Å². The van der Waals surface area contributed by atoms with E-state index in [1.165, 1.54) is 5.56 Å². The number of carbonyl (C=O) groups is 1. The van der Waals surface area contributed by atoms with Gasteiger partial charge in [0.15, 0.2) is 0 Å². The van der Waals surface area contributed by atoms with Crippen molar-refractivity contribution >= 4 is 16.8 Å². The highest BCUT2D eigenvalue weighted by Gasteiger charge is 2.21. The first-order valence-electron chi connectivity index (χ1n) is 7.34. The number of nitrogens with zero attached hydrogens (tertiary/aromatic N) is 1. The molecule has 1 N–H and O–H groups in total. The smallest absolute Gasteiger partial charge is 0.251 e. The summed E-state index contributed by atoms with van der Waals surface area (Å²) < 4.78 is 7.60. The summed E-state index contributed by atoms with van der Waals surface area (Å²) >= 11 is 0. The number of hydrogen-bond acceptors (Lipinski definition) is 2. The molecule has 0 spiro atoms. The third kappa shape index (κ3) is 1.80. The second-order valence-corrected chi connectivity index (χ2v) is 5.40. The maximum atomic E-state index is 12.2. The zero-order valence-electron chi connectivity index (χ0n) is 12.3. The molecule has 1 aliphatic rings. The van der Waals surface area contributed by atoms with Gasteiger partial charge in [0.25, 0.3) is 5.91 Å². The molecule has 2 aromatic carbocycles. The first-order valence-corrected chi connectivity index (χ1v) is 7.34. The molecule has 0 saturated heterocycles. The van der Waals surface area contributed by atoms with Gasteiger partial charge >= 0.3 is 0 Å². The van der Waals surface area contributed by atoms with Crippen molar-refractivity contribution in [3.05, 3.63) is 59.8 Å². The molecule has 4 heteroatoms. The van der Waals surface area contributed by atoms with Gasteiger partial charge in [0.1, 0.15) is 5.75 Å². The Labute approximate surface area is 128 Å². The standard InChI is InChI=1S/C18H16N2O2/c1-22-16-8-3-2-6-14(16)20-11-12-9-10-19-18(21)13-5-4-7-15(20)17(12)13/h2-8,11H,9-10H2,1H3,(H,19,21). The average Bonchev–Trinajstić information content (AvgIpc) is 2.85. The van der Waals surface area contributed by atoms with Crippen LogP contribution in [0.2, 0.25) is 0 Å². The number of rotatable bonds is 2. The van der Waals surface area contributed by atoms with Crippen molar-refractivity contribution in [3.8, 4) is 11.4 Å². The van der Waals surface area contributed by atoms with Crippen LogP contribution < -0.4 is 10.1 Å². The Bertz CT molecular complexity index is 880. The van der Waals surface area contributed by atoms with E-state index in [2.05, 4.69) is 16.1 Å². The molecule has 0 unspecified atom stereocenters. The predicted molar refractivity (Wildman–Crippen MR) is 85.9 cm³/mol. The van der Waals surface area contributed by atoms with Gasteiger partial charge in [0.05, 0.1) is 18.3 Å². The van der Waals surface area contributed by atoms with E-state index in [0.717, 1.165) is 34.3 Å². The quantitative estimate of drug-likeness (QED) is 0.789. The third-order valence-corrected chi connectivity index (χ3v) is 4.18. The van der Waals surface area contributed by atoms with Crippen molar-refractivity contribution in [1.29, 1.82) is 0 Å². The Morgan fingerprint density at radius 3 is 2.86 bits per heavy atom. The lowest BCUT2D eigenvalue weighted by Gasteiger charge is -2.11. The topological polar surface area (TPSA) is 43.3 Å². The van der Waals surface area contributed by atoms with E-state index in [1.807, 2.05) is 42.5 Å². The number of methoxy groups -OCH3 is 1. The van der Waals surface area contributed by atoms with Crippen molar-refractivity contribution in [2.24, 2.45) is 0 Å². The maximum Gasteiger partial charge on any atom is 0.251 e. The summed E-state index contributed by atoms with van der Waals surface area (Å²) in [5, 5.41) is 3.99. The molecule has 4 nitrogen and oxygen atoms in total. The average molecular weight is 292 g/mol. The Morgan fingerprint density at radius 2 is 2.00 bits per heavy atom. The van der Waals surface area contributed by atoms with Crippen molar-refractivity contribution in [3.63, 3.8) is 0 Å². The van der Waals surface area contributed by atoms with Crippen LogP contribution >= 0.6 is 0 Å². The van der Waals surface area contributed by atoms with Gasteiger partial charge in [0, 0.05) is 23.7 Å². The molecular formula is C18H16N2O2. The Balaban J connectivity index is 2.05. The number of ether oxygens (including phenoxy) is 1. The normalized spacial score (nSPS) is 13.8. The highest BCUT2D eigenvalue weighted by molar-refractivity contribution is 6.08. The van der Waals surface area contributed by atoms with Gasteiger partial charge in [-0.1, -0.05) is 18.2 Å². The fourth-order valence-electron chi connectivity index (χ4n) is 3.18. The minimum absolute atomic E-state index is 0.00197. The van der Waals surface area contributed by atoms with Crippen molar-refractivity contribution in [2.75, 3.05) is 13.7 Å². The highest BCUT2D eigenvalue weighted by Crippen LogP contribution is 2.32. The number of para-hydroxylation sites is 2. The molecule has 0 aliphatic carbocycles. The van der Waals surface area contributed by atoms with Crippen molar-refractivity contribution in [1.82, 2.24) is 9.88 Å². The summed E-state index contributed by atoms with van der Waals surface area (Å²) in [6.45, 7) is 0.665. The highest BCUT2D eigenvalue weighted by atomic mass is 16.5. The summed E-state index contributed by atoms with van der Waals surface area (Å²) in [7, 11) is 1.67. The molecule has 0 saturated carbocycles. The van der Waals surface area contributed by atoms with Crippen LogP contribution in [0.4, 0.5) is 0 Å². The molecule has 2 heterocycles. The Hall–Kier alpha value is -2.75. The molecular weight excluding hydrogens is 276 g/mol. The lowest BCUT2D eigenvalue weighted by atomic mass is 10.1. The van der Waals surface area contributed by atoms with Gasteiger partial charge in [-0.25, -0.2) is 0 Å². The zero-order valence-corrected chi connectivity index (χ0v) is 12.3. The molecule has 0 radical (unpaired) electrons. The number of amides is 1. The van der Waals surface area contributed by atoms with Gasteiger partial charge in [0.2, 0.25) is 0 Å². The third-order valence-electron chi connectivity index (χ3n) is 4.18. The Kier molecular flexibility index (Phi) is 2.89. The second kappa shape index (κ2) is 4.91. The van der Waals surface area contributed by atoms with Crippen LogP contribution in [0.15, 0.2) is 48.7 Å². The van der Waals surface area contributed by atoms with Gasteiger partial charge < -0.3 is 14.6 Å². The molecule has 0 fully saturated rings. The summed E-state index contributed by atoms with van der Waals surface area (Å²) in [5.41, 5.74) is 3.96. The van der Waals surface area contributed by atoms with Gasteiger partial charge in [-0.15, -0.1) is 0 Å². The van der Waals surface area contributed by atoms with Crippen LogP contribution in [0.1, 0.15) is 15.9 Å². The molecule has 1 amide bonds. The fraction of sp³-hybridized carbons (Fsp3) is 0.167. The van der Waals surface area contributed by atoms with Gasteiger partial charge in [-0.2, -0.15) is 0 Å². The Morgan fingerprint density at radius 1 is 1.14 bits per heavy atom. The van der Waals surface area contributed by atoms with E-state index in [9.17, 15) is 4.79 Å². The van der Waals surface area contributed by atoms with Gasteiger partial charge in [-0.3, -0.25) is 4.79 Å². The number of hydrogen-bond donors (Lipinski definition) is 1. The minimum atomic E-state index is 0.00197. The molecule has 0 bridgehead atoms. The number of benzene rings is 2. The molecule has 3 aromatic rings. The molecule has 0 atom stereocenters. The maximum absolute atomic E-state index is 12.2. The van der Waals surface area contributed by atoms with E-state index in [4.69, 9.17) is 4.74 Å². The first kappa shape index (κ1) is 13.0. The van der Waals surface area contributed by atoms with Crippen molar-refractivity contribution in [2.45, 2.75) is 6.42 Å². The van der Waals surface area contributed by atoms with Crippen LogP contribution in [0.3, 0.4) is 0 Å². The number of aromatic nitrogens is 1. The molecule has 1 aromatic heterocycles. The van der Waals surface area contributed by atoms with E-state index < -0.39 is 0 Å². The number of carbonyl (C=O) groups excluding carboxylic acids is 1. The molecule has 1 aliphatic heterocycles. The largest absolute Gasteiger partial charge is 0.495 e.